The lowest BCUT2D eigenvalue weighted by Gasteiger charge is -2.23. The number of methoxy groups -OCH3 is 4. The molecule has 0 unspecified atom stereocenters. The molecule has 8 nitrogen and oxygen atoms in total. The van der Waals surface area contributed by atoms with Crippen molar-refractivity contribution >= 4 is 11.9 Å². The minimum absolute atomic E-state index is 0.134. The van der Waals surface area contributed by atoms with Crippen LogP contribution in [0.1, 0.15) is 31.8 Å². The van der Waals surface area contributed by atoms with Gasteiger partial charge in [-0.05, 0) is 35.4 Å². The summed E-state index contributed by atoms with van der Waals surface area (Å²) in [5, 5.41) is 0. The van der Waals surface area contributed by atoms with Gasteiger partial charge in [0.2, 0.25) is 0 Å². The Labute approximate surface area is 233 Å². The van der Waals surface area contributed by atoms with Crippen molar-refractivity contribution in [2.75, 3.05) is 28.4 Å². The van der Waals surface area contributed by atoms with Crippen molar-refractivity contribution in [1.82, 2.24) is 0 Å². The van der Waals surface area contributed by atoms with E-state index in [1.54, 1.807) is 24.3 Å². The summed E-state index contributed by atoms with van der Waals surface area (Å²) in [6.45, 7) is 0.319. The van der Waals surface area contributed by atoms with Crippen LogP contribution in [0.3, 0.4) is 0 Å². The first kappa shape index (κ1) is 28.0. The fraction of sp³-hybridized carbons (Fsp3) is 0.188. The number of hydrogen-bond acceptors (Lipinski definition) is 8. The van der Waals surface area contributed by atoms with Crippen LogP contribution in [-0.4, -0.2) is 40.4 Å². The molecule has 4 rings (SSSR count). The Bertz CT molecular complexity index is 1350. The number of carbonyl (C=O) groups is 2. The highest BCUT2D eigenvalue weighted by Gasteiger charge is 2.31. The number of rotatable bonds is 11. The largest absolute Gasteiger partial charge is 0.493 e. The van der Waals surface area contributed by atoms with Gasteiger partial charge in [-0.2, -0.15) is 0 Å². The Morgan fingerprint density at radius 2 is 0.900 bits per heavy atom. The Kier molecular flexibility index (Phi) is 9.25. The maximum Gasteiger partial charge on any atom is 0.338 e. The van der Waals surface area contributed by atoms with E-state index < -0.39 is 11.9 Å². The van der Waals surface area contributed by atoms with Crippen LogP contribution >= 0.6 is 0 Å². The highest BCUT2D eigenvalue weighted by atomic mass is 16.5. The molecule has 0 aromatic heterocycles. The van der Waals surface area contributed by atoms with E-state index in [9.17, 15) is 9.59 Å². The van der Waals surface area contributed by atoms with Crippen LogP contribution in [0.15, 0.2) is 84.9 Å². The van der Waals surface area contributed by atoms with Gasteiger partial charge in [-0.1, -0.05) is 60.7 Å². The van der Waals surface area contributed by atoms with Gasteiger partial charge in [0.05, 0.1) is 39.6 Å². The first-order chi connectivity index (χ1) is 19.5. The number of hydrogen-bond donors (Lipinski definition) is 0. The highest BCUT2D eigenvalue weighted by molar-refractivity contribution is 6.07. The molecule has 0 N–H and O–H groups in total. The lowest BCUT2D eigenvalue weighted by Crippen LogP contribution is -2.12. The molecular formula is C32H30O8. The maximum absolute atomic E-state index is 13.1. The normalized spacial score (nSPS) is 10.4. The molecule has 0 fully saturated rings. The predicted octanol–water partition coefficient (Wildman–Crippen LogP) is 6.10. The topological polar surface area (TPSA) is 89.5 Å². The third-order valence-electron chi connectivity index (χ3n) is 6.20. The minimum atomic E-state index is -0.644. The summed E-state index contributed by atoms with van der Waals surface area (Å²) in [6, 6.07) is 25.4. The first-order valence-corrected chi connectivity index (χ1v) is 12.4. The smallest absolute Gasteiger partial charge is 0.338 e. The molecule has 0 heterocycles. The summed E-state index contributed by atoms with van der Waals surface area (Å²) in [5.41, 5.74) is 2.52. The van der Waals surface area contributed by atoms with E-state index >= 15 is 0 Å². The van der Waals surface area contributed by atoms with Gasteiger partial charge in [-0.3, -0.25) is 0 Å². The monoisotopic (exact) mass is 542 g/mol. The molecule has 0 saturated carbocycles. The van der Waals surface area contributed by atoms with Gasteiger partial charge in [0.25, 0.3) is 0 Å². The van der Waals surface area contributed by atoms with Crippen LogP contribution in [0.25, 0.3) is 11.1 Å². The third kappa shape index (κ3) is 6.02. The van der Waals surface area contributed by atoms with Crippen molar-refractivity contribution in [3.05, 3.63) is 107 Å². The Balaban J connectivity index is 2.01. The van der Waals surface area contributed by atoms with E-state index in [1.165, 1.54) is 28.4 Å². The summed E-state index contributed by atoms with van der Waals surface area (Å²) in [7, 11) is 5.54. The zero-order valence-corrected chi connectivity index (χ0v) is 22.8. The molecule has 4 aromatic rings. The average molecular weight is 543 g/mol. The summed E-state index contributed by atoms with van der Waals surface area (Å²) < 4.78 is 34.2. The highest BCUT2D eigenvalue weighted by Crippen LogP contribution is 2.49. The van der Waals surface area contributed by atoms with Crippen LogP contribution < -0.4 is 18.9 Å². The van der Waals surface area contributed by atoms with Gasteiger partial charge in [-0.15, -0.1) is 0 Å². The first-order valence-electron chi connectivity index (χ1n) is 12.4. The lowest BCUT2D eigenvalue weighted by atomic mass is 9.92. The van der Waals surface area contributed by atoms with E-state index in [0.29, 0.717) is 11.5 Å². The quantitative estimate of drug-likeness (QED) is 0.210. The number of esters is 2. The molecule has 0 aliphatic rings. The summed E-state index contributed by atoms with van der Waals surface area (Å²) in [5.74, 6) is -0.170. The maximum atomic E-state index is 13.1. The van der Waals surface area contributed by atoms with Gasteiger partial charge < -0.3 is 28.4 Å². The molecule has 4 aromatic carbocycles. The molecule has 0 radical (unpaired) electrons. The fourth-order valence-corrected chi connectivity index (χ4v) is 4.25. The number of benzene rings is 4. The van der Waals surface area contributed by atoms with Crippen LogP contribution in [0, 0.1) is 0 Å². The van der Waals surface area contributed by atoms with Crippen molar-refractivity contribution in [2.24, 2.45) is 0 Å². The zero-order chi connectivity index (χ0) is 28.5. The molecule has 0 aliphatic heterocycles. The fourth-order valence-electron chi connectivity index (χ4n) is 4.25. The van der Waals surface area contributed by atoms with E-state index in [4.69, 9.17) is 28.4 Å². The molecule has 0 bridgehead atoms. The molecule has 0 amide bonds. The van der Waals surface area contributed by atoms with Crippen LogP contribution in [0.2, 0.25) is 0 Å². The summed E-state index contributed by atoms with van der Waals surface area (Å²) >= 11 is 0. The molecule has 0 atom stereocenters. The van der Waals surface area contributed by atoms with Gasteiger partial charge in [0, 0.05) is 11.1 Å². The van der Waals surface area contributed by atoms with E-state index in [-0.39, 0.29) is 47.0 Å². The minimum Gasteiger partial charge on any atom is -0.493 e. The lowest BCUT2D eigenvalue weighted by molar-refractivity contribution is 0.0589. The molecule has 0 aliphatic carbocycles. The summed E-state index contributed by atoms with van der Waals surface area (Å²) in [4.78, 5) is 26.2. The standard InChI is InChI=1S/C32H30O8/c1-35-25-17-15-23(31(33)37-3)27(29(25)39-19-21-11-7-5-8-12-21)28-24(32(34)38-4)16-18-26(36-2)30(28)40-20-22-13-9-6-10-14-22/h5-18H,19-20H2,1-4H3. The van der Waals surface area contributed by atoms with Gasteiger partial charge in [0.15, 0.2) is 23.0 Å². The number of ether oxygens (including phenoxy) is 6. The van der Waals surface area contributed by atoms with Crippen molar-refractivity contribution in [1.29, 1.82) is 0 Å². The molecule has 206 valence electrons. The Hall–Kier alpha value is -4.98. The van der Waals surface area contributed by atoms with Gasteiger partial charge >= 0.3 is 11.9 Å². The third-order valence-corrected chi connectivity index (χ3v) is 6.20. The van der Waals surface area contributed by atoms with Crippen LogP contribution in [0.5, 0.6) is 23.0 Å². The van der Waals surface area contributed by atoms with Crippen molar-refractivity contribution in [3.8, 4) is 34.1 Å². The van der Waals surface area contributed by atoms with Crippen molar-refractivity contribution in [3.63, 3.8) is 0 Å². The summed E-state index contributed by atoms with van der Waals surface area (Å²) in [6.07, 6.45) is 0. The Morgan fingerprint density at radius 1 is 0.525 bits per heavy atom. The second kappa shape index (κ2) is 13.2. The average Bonchev–Trinajstić information content (AvgIpc) is 3.01. The number of carbonyl (C=O) groups excluding carboxylic acids is 2. The van der Waals surface area contributed by atoms with Gasteiger partial charge in [-0.25, -0.2) is 9.59 Å². The van der Waals surface area contributed by atoms with E-state index in [0.717, 1.165) is 11.1 Å². The van der Waals surface area contributed by atoms with Crippen molar-refractivity contribution in [2.45, 2.75) is 13.2 Å². The molecule has 8 heteroatoms. The van der Waals surface area contributed by atoms with Crippen molar-refractivity contribution < 1.29 is 38.0 Å². The van der Waals surface area contributed by atoms with Crippen LogP contribution in [0.4, 0.5) is 0 Å². The Morgan fingerprint density at radius 3 is 1.23 bits per heavy atom. The second-order valence-corrected chi connectivity index (χ2v) is 8.57. The van der Waals surface area contributed by atoms with Gasteiger partial charge in [0.1, 0.15) is 13.2 Å². The van der Waals surface area contributed by atoms with Crippen LogP contribution in [-0.2, 0) is 22.7 Å². The molecule has 0 spiro atoms. The predicted molar refractivity (Wildman–Crippen MR) is 149 cm³/mol. The van der Waals surface area contributed by atoms with E-state index in [1.807, 2.05) is 60.7 Å². The SMILES string of the molecule is COC(=O)c1ccc(OC)c(OCc2ccccc2)c1-c1c(C(=O)OC)ccc(OC)c1OCc1ccccc1. The zero-order valence-electron chi connectivity index (χ0n) is 22.8. The molecule has 0 saturated heterocycles. The molecule has 40 heavy (non-hydrogen) atoms. The molecular weight excluding hydrogens is 512 g/mol. The van der Waals surface area contributed by atoms with E-state index in [2.05, 4.69) is 0 Å². The second-order valence-electron chi connectivity index (χ2n) is 8.57.